The summed E-state index contributed by atoms with van der Waals surface area (Å²) in [6.07, 6.45) is 1.33. The largest absolute Gasteiger partial charge is 0.359 e. The lowest BCUT2D eigenvalue weighted by Crippen LogP contribution is -2.14. The SMILES string of the molecule is N#C/C(=C/Nc1ccccc1Cl)C(=O)Nc1ccc(Br)cc1. The number of benzene rings is 2. The summed E-state index contributed by atoms with van der Waals surface area (Å²) in [7, 11) is 0. The van der Waals surface area contributed by atoms with E-state index < -0.39 is 5.91 Å². The molecular formula is C16H11BrClN3O. The summed E-state index contributed by atoms with van der Waals surface area (Å²) in [6.45, 7) is 0. The predicted octanol–water partition coefficient (Wildman–Crippen LogP) is 4.56. The zero-order valence-electron chi connectivity index (χ0n) is 11.3. The summed E-state index contributed by atoms with van der Waals surface area (Å²) in [5.74, 6) is -0.496. The average molecular weight is 377 g/mol. The van der Waals surface area contributed by atoms with Gasteiger partial charge in [-0.1, -0.05) is 39.7 Å². The average Bonchev–Trinajstić information content (AvgIpc) is 2.52. The minimum absolute atomic E-state index is 0.0529. The number of nitriles is 1. The molecule has 2 aromatic carbocycles. The lowest BCUT2D eigenvalue weighted by Gasteiger charge is -2.06. The predicted molar refractivity (Wildman–Crippen MR) is 91.5 cm³/mol. The Bertz CT molecular complexity index is 751. The van der Waals surface area contributed by atoms with Crippen LogP contribution >= 0.6 is 27.5 Å². The van der Waals surface area contributed by atoms with E-state index in [0.717, 1.165) is 4.47 Å². The molecule has 0 aliphatic rings. The first-order valence-corrected chi connectivity index (χ1v) is 7.45. The number of nitrogens with zero attached hydrogens (tertiary/aromatic N) is 1. The van der Waals surface area contributed by atoms with Crippen molar-refractivity contribution in [1.82, 2.24) is 0 Å². The molecule has 0 radical (unpaired) electrons. The molecule has 4 nitrogen and oxygen atoms in total. The Balaban J connectivity index is 2.09. The molecule has 0 bridgehead atoms. The van der Waals surface area contributed by atoms with Gasteiger partial charge in [-0.25, -0.2) is 0 Å². The Morgan fingerprint density at radius 3 is 2.50 bits per heavy atom. The molecule has 1 amide bonds. The van der Waals surface area contributed by atoms with Crippen molar-refractivity contribution in [3.05, 3.63) is 69.8 Å². The molecular weight excluding hydrogens is 366 g/mol. The first-order chi connectivity index (χ1) is 10.6. The van der Waals surface area contributed by atoms with Gasteiger partial charge in [0.05, 0.1) is 10.7 Å². The van der Waals surface area contributed by atoms with Crippen molar-refractivity contribution in [3.63, 3.8) is 0 Å². The van der Waals surface area contributed by atoms with Crippen LogP contribution in [0.15, 0.2) is 64.8 Å². The number of carbonyl (C=O) groups is 1. The molecule has 0 saturated carbocycles. The van der Waals surface area contributed by atoms with Gasteiger partial charge in [0.15, 0.2) is 0 Å². The van der Waals surface area contributed by atoms with Gasteiger partial charge >= 0.3 is 0 Å². The highest BCUT2D eigenvalue weighted by molar-refractivity contribution is 9.10. The van der Waals surface area contributed by atoms with E-state index in [0.29, 0.717) is 16.4 Å². The van der Waals surface area contributed by atoms with E-state index in [2.05, 4.69) is 26.6 Å². The molecule has 0 aliphatic carbocycles. The van der Waals surface area contributed by atoms with Crippen molar-refractivity contribution in [2.75, 3.05) is 10.6 Å². The molecule has 0 heterocycles. The Morgan fingerprint density at radius 1 is 1.18 bits per heavy atom. The smallest absolute Gasteiger partial charge is 0.267 e. The van der Waals surface area contributed by atoms with Gasteiger partial charge in [0.2, 0.25) is 0 Å². The van der Waals surface area contributed by atoms with Gasteiger partial charge in [-0.2, -0.15) is 5.26 Å². The third-order valence-corrected chi connectivity index (χ3v) is 3.57. The Labute approximate surface area is 141 Å². The normalized spacial score (nSPS) is 10.7. The van der Waals surface area contributed by atoms with E-state index in [1.165, 1.54) is 6.20 Å². The standard InChI is InChI=1S/C16H11BrClN3O/c17-12-5-7-13(8-6-12)21-16(22)11(9-19)10-20-15-4-2-1-3-14(15)18/h1-8,10,20H,(H,21,22)/b11-10-. The molecule has 2 N–H and O–H groups in total. The number of nitrogens with one attached hydrogen (secondary N) is 2. The Morgan fingerprint density at radius 2 is 1.86 bits per heavy atom. The summed E-state index contributed by atoms with van der Waals surface area (Å²) >= 11 is 9.31. The molecule has 0 spiro atoms. The third kappa shape index (κ3) is 4.35. The number of halogens is 2. The summed E-state index contributed by atoms with van der Waals surface area (Å²) < 4.78 is 0.905. The molecule has 2 aromatic rings. The summed E-state index contributed by atoms with van der Waals surface area (Å²) in [6, 6.07) is 16.0. The van der Waals surface area contributed by atoms with Crippen LogP contribution in [0.25, 0.3) is 0 Å². The first-order valence-electron chi connectivity index (χ1n) is 6.28. The van der Waals surface area contributed by atoms with Crippen LogP contribution in [0.5, 0.6) is 0 Å². The van der Waals surface area contributed by atoms with E-state index in [1.807, 2.05) is 6.07 Å². The minimum Gasteiger partial charge on any atom is -0.359 e. The van der Waals surface area contributed by atoms with E-state index in [1.54, 1.807) is 48.5 Å². The maximum absolute atomic E-state index is 12.0. The quantitative estimate of drug-likeness (QED) is 0.607. The van der Waals surface area contributed by atoms with Crippen molar-refractivity contribution < 1.29 is 4.79 Å². The van der Waals surface area contributed by atoms with Crippen molar-refractivity contribution in [2.45, 2.75) is 0 Å². The van der Waals surface area contributed by atoms with Crippen LogP contribution < -0.4 is 10.6 Å². The fraction of sp³-hybridized carbons (Fsp3) is 0. The van der Waals surface area contributed by atoms with Gasteiger partial charge in [0.1, 0.15) is 11.6 Å². The molecule has 0 aliphatic heterocycles. The second-order valence-corrected chi connectivity index (χ2v) is 5.58. The Kier molecular flexibility index (Phi) is 5.59. The minimum atomic E-state index is -0.496. The van der Waals surface area contributed by atoms with E-state index >= 15 is 0 Å². The Hall–Kier alpha value is -2.29. The molecule has 0 saturated heterocycles. The van der Waals surface area contributed by atoms with E-state index in [9.17, 15) is 4.79 Å². The first kappa shape index (κ1) is 16.1. The van der Waals surface area contributed by atoms with E-state index in [-0.39, 0.29) is 5.57 Å². The number of anilines is 2. The number of hydrogen-bond donors (Lipinski definition) is 2. The van der Waals surface area contributed by atoms with Gasteiger partial charge in [-0.05, 0) is 36.4 Å². The maximum Gasteiger partial charge on any atom is 0.267 e. The van der Waals surface area contributed by atoms with Crippen molar-refractivity contribution >= 4 is 44.8 Å². The van der Waals surface area contributed by atoms with Crippen LogP contribution in [-0.2, 0) is 4.79 Å². The van der Waals surface area contributed by atoms with Crippen LogP contribution in [0, 0.1) is 11.3 Å². The third-order valence-electron chi connectivity index (χ3n) is 2.71. The molecule has 0 atom stereocenters. The second-order valence-electron chi connectivity index (χ2n) is 4.26. The number of amides is 1. The van der Waals surface area contributed by atoms with Crippen molar-refractivity contribution in [3.8, 4) is 6.07 Å². The lowest BCUT2D eigenvalue weighted by atomic mass is 10.2. The maximum atomic E-state index is 12.0. The summed E-state index contributed by atoms with van der Waals surface area (Å²) in [5.41, 5.74) is 1.17. The van der Waals surface area contributed by atoms with Crippen molar-refractivity contribution in [2.24, 2.45) is 0 Å². The van der Waals surface area contributed by atoms with Gasteiger partial charge in [-0.15, -0.1) is 0 Å². The zero-order valence-corrected chi connectivity index (χ0v) is 13.6. The highest BCUT2D eigenvalue weighted by Gasteiger charge is 2.09. The van der Waals surface area contributed by atoms with Gasteiger partial charge in [-0.3, -0.25) is 4.79 Å². The molecule has 0 unspecified atom stereocenters. The van der Waals surface area contributed by atoms with Crippen LogP contribution in [-0.4, -0.2) is 5.91 Å². The molecule has 0 aromatic heterocycles. The van der Waals surface area contributed by atoms with Crippen LogP contribution in [0.4, 0.5) is 11.4 Å². The van der Waals surface area contributed by atoms with Crippen molar-refractivity contribution in [1.29, 1.82) is 5.26 Å². The summed E-state index contributed by atoms with van der Waals surface area (Å²) in [4.78, 5) is 12.0. The second kappa shape index (κ2) is 7.64. The van der Waals surface area contributed by atoms with Crippen LogP contribution in [0.1, 0.15) is 0 Å². The highest BCUT2D eigenvalue weighted by Crippen LogP contribution is 2.20. The van der Waals surface area contributed by atoms with E-state index in [4.69, 9.17) is 16.9 Å². The molecule has 0 fully saturated rings. The molecule has 6 heteroatoms. The fourth-order valence-electron chi connectivity index (χ4n) is 1.61. The monoisotopic (exact) mass is 375 g/mol. The van der Waals surface area contributed by atoms with Gasteiger partial charge in [0, 0.05) is 16.4 Å². The number of rotatable bonds is 4. The number of hydrogen-bond acceptors (Lipinski definition) is 3. The van der Waals surface area contributed by atoms with Gasteiger partial charge < -0.3 is 10.6 Å². The number of carbonyl (C=O) groups excluding carboxylic acids is 1. The highest BCUT2D eigenvalue weighted by atomic mass is 79.9. The number of para-hydroxylation sites is 1. The van der Waals surface area contributed by atoms with Crippen LogP contribution in [0.2, 0.25) is 5.02 Å². The zero-order chi connectivity index (χ0) is 15.9. The van der Waals surface area contributed by atoms with Crippen LogP contribution in [0.3, 0.4) is 0 Å². The summed E-state index contributed by atoms with van der Waals surface area (Å²) in [5, 5.41) is 15.1. The molecule has 22 heavy (non-hydrogen) atoms. The topological polar surface area (TPSA) is 64.9 Å². The fourth-order valence-corrected chi connectivity index (χ4v) is 2.06. The molecule has 110 valence electrons. The lowest BCUT2D eigenvalue weighted by molar-refractivity contribution is -0.112. The van der Waals surface area contributed by atoms with Gasteiger partial charge in [0.25, 0.3) is 5.91 Å². The molecule has 2 rings (SSSR count).